The van der Waals surface area contributed by atoms with Gasteiger partial charge in [-0.15, -0.1) is 5.10 Å². The van der Waals surface area contributed by atoms with Crippen LogP contribution in [0.25, 0.3) is 10.8 Å². The Morgan fingerprint density at radius 1 is 1.12 bits per heavy atom. The van der Waals surface area contributed by atoms with Crippen molar-refractivity contribution in [2.24, 2.45) is 0 Å². The second-order valence-electron chi connectivity index (χ2n) is 10.3. The molecule has 1 aliphatic rings. The third kappa shape index (κ3) is 4.67. The van der Waals surface area contributed by atoms with E-state index in [1.165, 1.54) is 0 Å². The number of fused-ring (bicyclic) bond motifs is 1. The number of rotatable bonds is 7. The molecule has 5 aromatic rings. The summed E-state index contributed by atoms with van der Waals surface area (Å²) in [4.78, 5) is 15.3. The van der Waals surface area contributed by atoms with E-state index in [4.69, 9.17) is 9.26 Å². The van der Waals surface area contributed by atoms with Crippen LogP contribution < -0.4 is 4.74 Å². The maximum absolute atomic E-state index is 13.7. The van der Waals surface area contributed by atoms with Crippen molar-refractivity contribution in [3.63, 3.8) is 0 Å². The largest absolute Gasteiger partial charge is 0.488 e. The van der Waals surface area contributed by atoms with E-state index in [0.29, 0.717) is 22.8 Å². The van der Waals surface area contributed by atoms with E-state index < -0.39 is 5.60 Å². The average molecular weight is 602 g/mol. The van der Waals surface area contributed by atoms with Crippen molar-refractivity contribution in [2.45, 2.75) is 39.0 Å². The standard InChI is InChI=1S/C30H28BrN5O4/c1-18-25(20(3)40-33-18)15-39-27-13-22-9-5-4-8-21(22)12-24(27)29(37)35-16-30(38,17-35)28-14-36(34-32-28)19(2)23-10-6-7-11-26(23)31/h4-14,19,38H,15-17H2,1-3H3/t19-/m1/s1. The van der Waals surface area contributed by atoms with E-state index in [0.717, 1.165) is 32.1 Å². The zero-order valence-electron chi connectivity index (χ0n) is 22.3. The highest BCUT2D eigenvalue weighted by Gasteiger charge is 2.48. The van der Waals surface area contributed by atoms with Gasteiger partial charge < -0.3 is 19.3 Å². The van der Waals surface area contributed by atoms with E-state index in [-0.39, 0.29) is 31.6 Å². The van der Waals surface area contributed by atoms with Gasteiger partial charge in [0.25, 0.3) is 5.91 Å². The predicted octanol–water partition coefficient (Wildman–Crippen LogP) is 5.33. The molecular formula is C30H28BrN5O4. The Hall–Kier alpha value is -4.02. The van der Waals surface area contributed by atoms with Gasteiger partial charge in [-0.05, 0) is 55.3 Å². The number of hydrogen-bond donors (Lipinski definition) is 1. The predicted molar refractivity (Wildman–Crippen MR) is 152 cm³/mol. The van der Waals surface area contributed by atoms with Gasteiger partial charge in [-0.3, -0.25) is 4.79 Å². The van der Waals surface area contributed by atoms with Crippen molar-refractivity contribution in [1.29, 1.82) is 0 Å². The van der Waals surface area contributed by atoms with Crippen molar-refractivity contribution in [3.8, 4) is 5.75 Å². The molecule has 40 heavy (non-hydrogen) atoms. The summed E-state index contributed by atoms with van der Waals surface area (Å²) < 4.78 is 14.1. The summed E-state index contributed by atoms with van der Waals surface area (Å²) in [5.74, 6) is 0.923. The zero-order valence-corrected chi connectivity index (χ0v) is 23.9. The average Bonchev–Trinajstić information content (AvgIpc) is 3.56. The van der Waals surface area contributed by atoms with Gasteiger partial charge in [0.15, 0.2) is 0 Å². The molecule has 1 atom stereocenters. The maximum Gasteiger partial charge on any atom is 0.257 e. The van der Waals surface area contributed by atoms with Gasteiger partial charge in [-0.1, -0.05) is 68.8 Å². The van der Waals surface area contributed by atoms with Crippen molar-refractivity contribution in [1.82, 2.24) is 25.1 Å². The Labute approximate surface area is 239 Å². The fraction of sp³-hybridized carbons (Fsp3) is 0.267. The number of halogens is 1. The molecule has 1 amide bonds. The molecule has 3 heterocycles. The highest BCUT2D eigenvalue weighted by Crippen LogP contribution is 2.36. The van der Waals surface area contributed by atoms with Crippen LogP contribution >= 0.6 is 15.9 Å². The number of aryl methyl sites for hydroxylation is 2. The quantitative estimate of drug-likeness (QED) is 0.269. The molecule has 9 nitrogen and oxygen atoms in total. The van der Waals surface area contributed by atoms with E-state index in [1.54, 1.807) is 15.8 Å². The molecule has 1 saturated heterocycles. The number of ether oxygens (including phenoxy) is 1. The molecule has 0 radical (unpaired) electrons. The Kier molecular flexibility index (Phi) is 6.67. The molecule has 0 unspecified atom stereocenters. The smallest absolute Gasteiger partial charge is 0.257 e. The van der Waals surface area contributed by atoms with Gasteiger partial charge in [0.2, 0.25) is 0 Å². The van der Waals surface area contributed by atoms with Crippen LogP contribution in [0.5, 0.6) is 5.75 Å². The summed E-state index contributed by atoms with van der Waals surface area (Å²) in [5.41, 5.74) is 2.24. The van der Waals surface area contributed by atoms with Gasteiger partial charge in [-0.25, -0.2) is 4.68 Å². The van der Waals surface area contributed by atoms with Crippen LogP contribution in [0.4, 0.5) is 0 Å². The minimum absolute atomic E-state index is 0.0896. The second-order valence-corrected chi connectivity index (χ2v) is 11.1. The van der Waals surface area contributed by atoms with Crippen LogP contribution in [-0.2, 0) is 12.2 Å². The summed E-state index contributed by atoms with van der Waals surface area (Å²) in [6.45, 7) is 6.14. The SMILES string of the molecule is Cc1noc(C)c1COc1cc2ccccc2cc1C(=O)N1CC(O)(c2cn([C@H](C)c3ccccc3Br)nn2)C1. The molecule has 1 aliphatic heterocycles. The highest BCUT2D eigenvalue weighted by molar-refractivity contribution is 9.10. The Balaban J connectivity index is 1.22. The van der Waals surface area contributed by atoms with Gasteiger partial charge in [-0.2, -0.15) is 0 Å². The number of aliphatic hydroxyl groups is 1. The molecule has 0 bridgehead atoms. The van der Waals surface area contributed by atoms with Gasteiger partial charge in [0.05, 0.1) is 42.1 Å². The fourth-order valence-corrected chi connectivity index (χ4v) is 5.68. The van der Waals surface area contributed by atoms with E-state index >= 15 is 0 Å². The van der Waals surface area contributed by atoms with Gasteiger partial charge >= 0.3 is 0 Å². The molecule has 1 N–H and O–H groups in total. The number of carbonyl (C=O) groups excluding carboxylic acids is 1. The minimum atomic E-state index is -1.28. The van der Waals surface area contributed by atoms with E-state index in [9.17, 15) is 9.90 Å². The number of hydrogen-bond acceptors (Lipinski definition) is 7. The summed E-state index contributed by atoms with van der Waals surface area (Å²) in [5, 5.41) is 25.7. The summed E-state index contributed by atoms with van der Waals surface area (Å²) in [6.07, 6.45) is 1.75. The van der Waals surface area contributed by atoms with Crippen LogP contribution in [0.2, 0.25) is 0 Å². The van der Waals surface area contributed by atoms with Crippen molar-refractivity contribution in [3.05, 3.63) is 105 Å². The number of β-amino-alcohol motifs (C(OH)–C–C–N with tert-alkyl or cyclic N) is 1. The van der Waals surface area contributed by atoms with Crippen LogP contribution in [0.3, 0.4) is 0 Å². The molecule has 0 spiro atoms. The second kappa shape index (κ2) is 10.2. The molecule has 3 aromatic carbocycles. The first-order chi connectivity index (χ1) is 19.2. The van der Waals surface area contributed by atoms with E-state index in [1.807, 2.05) is 81.4 Å². The van der Waals surface area contributed by atoms with Crippen LogP contribution in [0, 0.1) is 13.8 Å². The van der Waals surface area contributed by atoms with E-state index in [2.05, 4.69) is 31.4 Å². The summed E-state index contributed by atoms with van der Waals surface area (Å²) in [6, 6.07) is 19.4. The minimum Gasteiger partial charge on any atom is -0.488 e. The third-order valence-corrected chi connectivity index (χ3v) is 8.28. The first-order valence-electron chi connectivity index (χ1n) is 13.0. The number of carbonyl (C=O) groups is 1. The molecule has 6 rings (SSSR count). The lowest BCUT2D eigenvalue weighted by Crippen LogP contribution is -2.61. The molecule has 2 aromatic heterocycles. The molecule has 0 saturated carbocycles. The van der Waals surface area contributed by atoms with Gasteiger partial charge in [0.1, 0.15) is 29.4 Å². The lowest BCUT2D eigenvalue weighted by molar-refractivity contribution is -0.0893. The Morgan fingerprint density at radius 3 is 2.52 bits per heavy atom. The van der Waals surface area contributed by atoms with Crippen molar-refractivity contribution < 1.29 is 19.2 Å². The normalized spacial score (nSPS) is 15.2. The topological polar surface area (TPSA) is 107 Å². The number of benzene rings is 3. The van der Waals surface area contributed by atoms with Crippen LogP contribution in [0.15, 0.2) is 75.9 Å². The molecule has 10 heteroatoms. The summed E-state index contributed by atoms with van der Waals surface area (Å²) >= 11 is 3.59. The van der Waals surface area contributed by atoms with Crippen LogP contribution in [0.1, 0.15) is 51.6 Å². The molecule has 0 aliphatic carbocycles. The molecule has 204 valence electrons. The fourth-order valence-electron chi connectivity index (χ4n) is 5.06. The lowest BCUT2D eigenvalue weighted by Gasteiger charge is -2.45. The first-order valence-corrected chi connectivity index (χ1v) is 13.8. The highest BCUT2D eigenvalue weighted by atomic mass is 79.9. The van der Waals surface area contributed by atoms with Crippen molar-refractivity contribution >= 4 is 32.6 Å². The summed E-state index contributed by atoms with van der Waals surface area (Å²) in [7, 11) is 0. The third-order valence-electron chi connectivity index (χ3n) is 7.56. The first kappa shape index (κ1) is 26.2. The molecular weight excluding hydrogens is 574 g/mol. The lowest BCUT2D eigenvalue weighted by atomic mass is 9.90. The monoisotopic (exact) mass is 601 g/mol. The van der Waals surface area contributed by atoms with Gasteiger partial charge in [0, 0.05) is 4.47 Å². The number of likely N-dealkylation sites (tertiary alicyclic amines) is 1. The number of amides is 1. The van der Waals surface area contributed by atoms with Crippen LogP contribution in [-0.4, -0.2) is 49.2 Å². The maximum atomic E-state index is 13.7. The molecule has 1 fully saturated rings. The number of aromatic nitrogens is 4. The van der Waals surface area contributed by atoms with Crippen molar-refractivity contribution in [2.75, 3.05) is 13.1 Å². The Morgan fingerprint density at radius 2 is 1.82 bits per heavy atom. The Bertz CT molecular complexity index is 1700. The number of nitrogens with zero attached hydrogens (tertiary/aromatic N) is 5. The zero-order chi connectivity index (χ0) is 28.0.